The predicted octanol–water partition coefficient (Wildman–Crippen LogP) is 2.93. The van der Waals surface area contributed by atoms with Gasteiger partial charge in [-0.2, -0.15) is 0 Å². The van der Waals surface area contributed by atoms with E-state index >= 15 is 0 Å². The fourth-order valence-electron chi connectivity index (χ4n) is 2.05. The van der Waals surface area contributed by atoms with E-state index in [2.05, 4.69) is 13.5 Å². The first-order valence-electron chi connectivity index (χ1n) is 6.60. The number of aromatic carboxylic acids is 1. The zero-order chi connectivity index (χ0) is 14.3. The van der Waals surface area contributed by atoms with Crippen molar-refractivity contribution in [2.75, 3.05) is 0 Å². The second kappa shape index (κ2) is 7.56. The van der Waals surface area contributed by atoms with Gasteiger partial charge in [0.05, 0.1) is 0 Å². The molecule has 0 aliphatic carbocycles. The number of carbonyl (C=O) groups is 1. The molecule has 19 heavy (non-hydrogen) atoms. The number of nitrogens with zero attached hydrogens (tertiary/aromatic N) is 1. The van der Waals surface area contributed by atoms with E-state index in [4.69, 9.17) is 5.11 Å². The molecule has 4 nitrogen and oxygen atoms in total. The van der Waals surface area contributed by atoms with E-state index in [1.165, 1.54) is 10.6 Å². The third kappa shape index (κ3) is 4.73. The van der Waals surface area contributed by atoms with Crippen molar-refractivity contribution in [2.45, 2.75) is 39.2 Å². The number of hydrogen-bond donors (Lipinski definition) is 1. The fraction of sp³-hybridized carbons (Fsp3) is 0.467. The number of rotatable bonds is 8. The molecule has 1 atom stereocenters. The van der Waals surface area contributed by atoms with Gasteiger partial charge in [0.15, 0.2) is 0 Å². The lowest BCUT2D eigenvalue weighted by Crippen LogP contribution is -2.27. The van der Waals surface area contributed by atoms with Crippen LogP contribution in [0.2, 0.25) is 0 Å². The summed E-state index contributed by atoms with van der Waals surface area (Å²) in [5, 5.41) is 8.90. The lowest BCUT2D eigenvalue weighted by molar-refractivity contribution is 0.0694. The first kappa shape index (κ1) is 15.2. The first-order valence-corrected chi connectivity index (χ1v) is 6.60. The molecule has 1 rings (SSSR count). The van der Waals surface area contributed by atoms with E-state index in [1.54, 1.807) is 12.3 Å². The van der Waals surface area contributed by atoms with Gasteiger partial charge in [-0.1, -0.05) is 19.4 Å². The molecule has 104 valence electrons. The van der Waals surface area contributed by atoms with Crippen molar-refractivity contribution >= 4 is 5.97 Å². The quantitative estimate of drug-likeness (QED) is 0.579. The van der Waals surface area contributed by atoms with Gasteiger partial charge < -0.3 is 9.67 Å². The van der Waals surface area contributed by atoms with Crippen LogP contribution in [0.4, 0.5) is 0 Å². The van der Waals surface area contributed by atoms with Crippen LogP contribution in [0.5, 0.6) is 0 Å². The summed E-state index contributed by atoms with van der Waals surface area (Å²) in [7, 11) is 0. The van der Waals surface area contributed by atoms with E-state index in [-0.39, 0.29) is 5.56 Å². The minimum Gasteiger partial charge on any atom is -0.477 e. The highest BCUT2D eigenvalue weighted by atomic mass is 16.4. The van der Waals surface area contributed by atoms with Gasteiger partial charge in [0.2, 0.25) is 0 Å². The summed E-state index contributed by atoms with van der Waals surface area (Å²) in [6, 6.07) is 2.95. The number of hydrogen-bond acceptors (Lipinski definition) is 2. The number of aromatic nitrogens is 1. The number of carboxylic acid groups (broad SMARTS) is 1. The second-order valence-corrected chi connectivity index (χ2v) is 4.86. The summed E-state index contributed by atoms with van der Waals surface area (Å²) in [5.74, 6) is -0.815. The van der Waals surface area contributed by atoms with Crippen molar-refractivity contribution < 1.29 is 9.90 Å². The average molecular weight is 263 g/mol. The standard InChI is InChI=1S/C15H21NO3/c1-3-4-5-6-8-12(2)11-16-10-7-9-13(14(16)17)15(18)19/h3,7,9-10,12H,1,4-6,8,11H2,2H3,(H,18,19). The summed E-state index contributed by atoms with van der Waals surface area (Å²) < 4.78 is 1.49. The van der Waals surface area contributed by atoms with Gasteiger partial charge in [-0.15, -0.1) is 6.58 Å². The SMILES string of the molecule is C=CCCCCC(C)Cn1cccc(C(=O)O)c1=O. The molecule has 0 radical (unpaired) electrons. The molecule has 0 amide bonds. The summed E-state index contributed by atoms with van der Waals surface area (Å²) in [5.41, 5.74) is -0.589. The van der Waals surface area contributed by atoms with Crippen LogP contribution in [-0.4, -0.2) is 15.6 Å². The third-order valence-corrected chi connectivity index (χ3v) is 3.11. The minimum absolute atomic E-state index is 0.165. The molecule has 0 spiro atoms. The van der Waals surface area contributed by atoms with E-state index in [1.807, 2.05) is 6.08 Å². The number of pyridine rings is 1. The Hall–Kier alpha value is -1.84. The van der Waals surface area contributed by atoms with Gasteiger partial charge in [-0.05, 0) is 37.3 Å². The zero-order valence-electron chi connectivity index (χ0n) is 11.3. The van der Waals surface area contributed by atoms with Gasteiger partial charge in [0, 0.05) is 12.7 Å². The Labute approximate surface area is 113 Å². The van der Waals surface area contributed by atoms with E-state index in [0.717, 1.165) is 25.7 Å². The molecule has 1 unspecified atom stereocenters. The Bertz CT molecular complexity index is 490. The molecule has 4 heteroatoms. The third-order valence-electron chi connectivity index (χ3n) is 3.11. The highest BCUT2D eigenvalue weighted by Crippen LogP contribution is 2.11. The number of allylic oxidation sites excluding steroid dienone is 1. The molecule has 1 N–H and O–H groups in total. The molecular weight excluding hydrogens is 242 g/mol. The Morgan fingerprint density at radius 1 is 1.53 bits per heavy atom. The maximum Gasteiger partial charge on any atom is 0.341 e. The molecule has 0 bridgehead atoms. The molecule has 0 aromatic carbocycles. The molecule has 1 aromatic rings. The van der Waals surface area contributed by atoms with Crippen LogP contribution in [0, 0.1) is 5.92 Å². The fourth-order valence-corrected chi connectivity index (χ4v) is 2.05. The van der Waals surface area contributed by atoms with Crippen molar-refractivity contribution in [3.8, 4) is 0 Å². The minimum atomic E-state index is -1.17. The molecule has 0 saturated carbocycles. The lowest BCUT2D eigenvalue weighted by Gasteiger charge is -2.13. The van der Waals surface area contributed by atoms with Gasteiger partial charge in [0.25, 0.3) is 5.56 Å². The summed E-state index contributed by atoms with van der Waals surface area (Å²) in [4.78, 5) is 22.8. The van der Waals surface area contributed by atoms with Crippen LogP contribution < -0.4 is 5.56 Å². The molecule has 1 heterocycles. The van der Waals surface area contributed by atoms with Crippen LogP contribution in [0.1, 0.15) is 43.0 Å². The maximum atomic E-state index is 11.9. The largest absolute Gasteiger partial charge is 0.477 e. The zero-order valence-corrected chi connectivity index (χ0v) is 11.3. The average Bonchev–Trinajstić information content (AvgIpc) is 2.37. The van der Waals surface area contributed by atoms with Gasteiger partial charge in [-0.25, -0.2) is 4.79 Å². The van der Waals surface area contributed by atoms with Crippen LogP contribution in [0.15, 0.2) is 35.8 Å². The van der Waals surface area contributed by atoms with E-state index in [9.17, 15) is 9.59 Å². The van der Waals surface area contributed by atoms with Crippen LogP contribution in [0.25, 0.3) is 0 Å². The van der Waals surface area contributed by atoms with Gasteiger partial charge >= 0.3 is 5.97 Å². The van der Waals surface area contributed by atoms with Crippen molar-refractivity contribution in [1.29, 1.82) is 0 Å². The lowest BCUT2D eigenvalue weighted by atomic mass is 10.0. The van der Waals surface area contributed by atoms with E-state index in [0.29, 0.717) is 12.5 Å². The van der Waals surface area contributed by atoms with Crippen LogP contribution in [-0.2, 0) is 6.54 Å². The van der Waals surface area contributed by atoms with Crippen molar-refractivity contribution in [3.63, 3.8) is 0 Å². The van der Waals surface area contributed by atoms with Crippen LogP contribution >= 0.6 is 0 Å². The summed E-state index contributed by atoms with van der Waals surface area (Å²) in [6.45, 7) is 6.32. The molecule has 0 saturated heterocycles. The molecule has 0 fully saturated rings. The van der Waals surface area contributed by atoms with E-state index < -0.39 is 11.5 Å². The predicted molar refractivity (Wildman–Crippen MR) is 75.5 cm³/mol. The summed E-state index contributed by atoms with van der Waals surface area (Å²) in [6.07, 6.45) is 7.80. The Morgan fingerprint density at radius 3 is 2.89 bits per heavy atom. The first-order chi connectivity index (χ1) is 9.06. The number of unbranched alkanes of at least 4 members (excludes halogenated alkanes) is 2. The van der Waals surface area contributed by atoms with Crippen molar-refractivity contribution in [3.05, 3.63) is 46.9 Å². The molecular formula is C15H21NO3. The highest BCUT2D eigenvalue weighted by Gasteiger charge is 2.11. The van der Waals surface area contributed by atoms with Gasteiger partial charge in [-0.3, -0.25) is 4.79 Å². The molecule has 0 aliphatic heterocycles. The van der Waals surface area contributed by atoms with Crippen LogP contribution in [0.3, 0.4) is 0 Å². The summed E-state index contributed by atoms with van der Waals surface area (Å²) >= 11 is 0. The smallest absolute Gasteiger partial charge is 0.341 e. The topological polar surface area (TPSA) is 59.3 Å². The monoisotopic (exact) mass is 263 g/mol. The van der Waals surface area contributed by atoms with Crippen molar-refractivity contribution in [1.82, 2.24) is 4.57 Å². The Morgan fingerprint density at radius 2 is 2.26 bits per heavy atom. The molecule has 0 aliphatic rings. The second-order valence-electron chi connectivity index (χ2n) is 4.86. The van der Waals surface area contributed by atoms with Gasteiger partial charge in [0.1, 0.15) is 5.56 Å². The number of carboxylic acids is 1. The van der Waals surface area contributed by atoms with Crippen molar-refractivity contribution in [2.24, 2.45) is 5.92 Å². The normalized spacial score (nSPS) is 12.1. The maximum absolute atomic E-state index is 11.9. The Kier molecular flexibility index (Phi) is 6.06. The molecule has 1 aromatic heterocycles. The highest BCUT2D eigenvalue weighted by molar-refractivity contribution is 5.86. The Balaban J connectivity index is 2.62.